The summed E-state index contributed by atoms with van der Waals surface area (Å²) in [5.74, 6) is -0.149. The van der Waals surface area contributed by atoms with Crippen molar-refractivity contribution in [1.29, 1.82) is 0 Å². The van der Waals surface area contributed by atoms with Crippen molar-refractivity contribution in [2.45, 2.75) is 19.5 Å². The molecule has 116 valence electrons. The number of benzene rings is 2. The molecule has 0 saturated carbocycles. The van der Waals surface area contributed by atoms with Gasteiger partial charge in [-0.2, -0.15) is 0 Å². The molecule has 0 aliphatic heterocycles. The summed E-state index contributed by atoms with van der Waals surface area (Å²) in [4.78, 5) is 12.7. The van der Waals surface area contributed by atoms with Gasteiger partial charge in [0.1, 0.15) is 6.33 Å². The molecule has 6 nitrogen and oxygen atoms in total. The molecule has 1 unspecified atom stereocenters. The van der Waals surface area contributed by atoms with E-state index < -0.39 is 6.04 Å². The van der Waals surface area contributed by atoms with Crippen LogP contribution < -0.4 is 5.32 Å². The number of aromatic nitrogens is 4. The summed E-state index contributed by atoms with van der Waals surface area (Å²) < 4.78 is 1.46. The van der Waals surface area contributed by atoms with Gasteiger partial charge in [-0.3, -0.25) is 4.79 Å². The van der Waals surface area contributed by atoms with E-state index >= 15 is 0 Å². The number of hydrogen-bond donors (Lipinski definition) is 1. The van der Waals surface area contributed by atoms with Crippen molar-refractivity contribution in [3.05, 3.63) is 77.6 Å². The topological polar surface area (TPSA) is 72.7 Å². The van der Waals surface area contributed by atoms with Crippen molar-refractivity contribution in [3.63, 3.8) is 0 Å². The van der Waals surface area contributed by atoms with Gasteiger partial charge in [-0.05, 0) is 28.5 Å². The first-order valence-corrected chi connectivity index (χ1v) is 7.35. The minimum absolute atomic E-state index is 0.149. The summed E-state index contributed by atoms with van der Waals surface area (Å²) >= 11 is 0. The summed E-state index contributed by atoms with van der Waals surface area (Å²) in [6, 6.07) is 16.9. The molecule has 1 heterocycles. The minimum Gasteiger partial charge on any atom is -0.350 e. The second kappa shape index (κ2) is 6.83. The molecule has 0 spiro atoms. The second-order valence-electron chi connectivity index (χ2n) is 5.31. The molecule has 0 radical (unpaired) electrons. The smallest absolute Gasteiger partial charge is 0.249 e. The van der Waals surface area contributed by atoms with Crippen LogP contribution in [0.2, 0.25) is 0 Å². The summed E-state index contributed by atoms with van der Waals surface area (Å²) in [6.45, 7) is 2.50. The fourth-order valence-corrected chi connectivity index (χ4v) is 2.34. The van der Waals surface area contributed by atoms with E-state index in [1.54, 1.807) is 0 Å². The molecule has 1 aromatic heterocycles. The van der Waals surface area contributed by atoms with E-state index in [4.69, 9.17) is 0 Å². The van der Waals surface area contributed by atoms with Crippen molar-refractivity contribution in [2.24, 2.45) is 0 Å². The Morgan fingerprint density at radius 1 is 1.13 bits per heavy atom. The van der Waals surface area contributed by atoms with Gasteiger partial charge in [0.2, 0.25) is 5.91 Å². The van der Waals surface area contributed by atoms with Gasteiger partial charge in [-0.15, -0.1) is 5.10 Å². The molecular weight excluding hydrogens is 290 g/mol. The van der Waals surface area contributed by atoms with Crippen LogP contribution in [0, 0.1) is 6.92 Å². The largest absolute Gasteiger partial charge is 0.350 e. The molecule has 0 aliphatic rings. The Kier molecular flexibility index (Phi) is 4.42. The number of rotatable bonds is 5. The Morgan fingerprint density at radius 2 is 1.87 bits per heavy atom. The van der Waals surface area contributed by atoms with Crippen LogP contribution in [-0.4, -0.2) is 26.1 Å². The zero-order chi connectivity index (χ0) is 16.1. The molecule has 1 atom stereocenters. The van der Waals surface area contributed by atoms with Crippen LogP contribution in [0.15, 0.2) is 60.9 Å². The predicted octanol–water partition coefficient (Wildman–Crippen LogP) is 1.89. The number of nitrogens with zero attached hydrogens (tertiary/aromatic N) is 4. The molecule has 0 fully saturated rings. The molecule has 0 bridgehead atoms. The lowest BCUT2D eigenvalue weighted by atomic mass is 10.1. The number of nitrogens with one attached hydrogen (secondary N) is 1. The van der Waals surface area contributed by atoms with Gasteiger partial charge in [-0.25, -0.2) is 4.68 Å². The van der Waals surface area contributed by atoms with Gasteiger partial charge in [0.15, 0.2) is 6.04 Å². The van der Waals surface area contributed by atoms with E-state index in [1.807, 2.05) is 61.5 Å². The summed E-state index contributed by atoms with van der Waals surface area (Å²) in [6.07, 6.45) is 1.45. The van der Waals surface area contributed by atoms with Crippen molar-refractivity contribution < 1.29 is 4.79 Å². The molecular formula is C17H17N5O. The quantitative estimate of drug-likeness (QED) is 0.781. The monoisotopic (exact) mass is 307 g/mol. The second-order valence-corrected chi connectivity index (χ2v) is 5.31. The lowest BCUT2D eigenvalue weighted by Gasteiger charge is -2.16. The van der Waals surface area contributed by atoms with Crippen LogP contribution in [0.1, 0.15) is 22.7 Å². The Hall–Kier alpha value is -3.02. The number of carbonyl (C=O) groups is 1. The lowest BCUT2D eigenvalue weighted by Crippen LogP contribution is -2.33. The van der Waals surface area contributed by atoms with Crippen LogP contribution in [0.5, 0.6) is 0 Å². The van der Waals surface area contributed by atoms with Crippen LogP contribution in [0.3, 0.4) is 0 Å². The van der Waals surface area contributed by atoms with E-state index in [0.29, 0.717) is 6.54 Å². The number of hydrogen-bond acceptors (Lipinski definition) is 4. The first kappa shape index (κ1) is 14.9. The third-order valence-electron chi connectivity index (χ3n) is 3.58. The number of aryl methyl sites for hydroxylation is 1. The predicted molar refractivity (Wildman–Crippen MR) is 85.4 cm³/mol. The first-order valence-electron chi connectivity index (χ1n) is 7.35. The first-order chi connectivity index (χ1) is 11.2. The number of tetrazole rings is 1. The standard InChI is InChI=1S/C17H17N5O/c1-13-7-9-14(10-8-13)11-18-17(23)16(22-12-19-20-21-22)15-5-3-2-4-6-15/h2-10,12,16H,11H2,1H3,(H,18,23). The Balaban J connectivity index is 1.77. The highest BCUT2D eigenvalue weighted by atomic mass is 16.2. The summed E-state index contributed by atoms with van der Waals surface area (Å²) in [7, 11) is 0. The SMILES string of the molecule is Cc1ccc(CNC(=O)C(c2ccccc2)n2cnnn2)cc1. The maximum Gasteiger partial charge on any atom is 0.249 e. The molecule has 3 aromatic rings. The zero-order valence-corrected chi connectivity index (χ0v) is 12.8. The van der Waals surface area contributed by atoms with Gasteiger partial charge in [0.05, 0.1) is 0 Å². The number of carbonyl (C=O) groups excluding carboxylic acids is 1. The maximum absolute atomic E-state index is 12.7. The Labute approximate surface area is 134 Å². The van der Waals surface area contributed by atoms with Gasteiger partial charge < -0.3 is 5.32 Å². The summed E-state index contributed by atoms with van der Waals surface area (Å²) in [5.41, 5.74) is 3.07. The summed E-state index contributed by atoms with van der Waals surface area (Å²) in [5, 5.41) is 14.1. The fraction of sp³-hybridized carbons (Fsp3) is 0.176. The van der Waals surface area contributed by atoms with Gasteiger partial charge in [0, 0.05) is 6.54 Å². The average Bonchev–Trinajstić information content (AvgIpc) is 3.10. The van der Waals surface area contributed by atoms with E-state index in [2.05, 4.69) is 20.8 Å². The van der Waals surface area contributed by atoms with Gasteiger partial charge >= 0.3 is 0 Å². The lowest BCUT2D eigenvalue weighted by molar-refractivity contribution is -0.123. The van der Waals surface area contributed by atoms with Crippen molar-refractivity contribution >= 4 is 5.91 Å². The van der Waals surface area contributed by atoms with Gasteiger partial charge in [-0.1, -0.05) is 60.2 Å². The zero-order valence-electron chi connectivity index (χ0n) is 12.8. The molecule has 6 heteroatoms. The Morgan fingerprint density at radius 3 is 2.52 bits per heavy atom. The highest BCUT2D eigenvalue weighted by Crippen LogP contribution is 2.17. The van der Waals surface area contributed by atoms with E-state index in [-0.39, 0.29) is 5.91 Å². The Bertz CT molecular complexity index is 753. The molecule has 1 amide bonds. The molecule has 0 saturated heterocycles. The van der Waals surface area contributed by atoms with Crippen molar-refractivity contribution in [1.82, 2.24) is 25.5 Å². The van der Waals surface area contributed by atoms with Crippen molar-refractivity contribution in [2.75, 3.05) is 0 Å². The van der Waals surface area contributed by atoms with Crippen molar-refractivity contribution in [3.8, 4) is 0 Å². The normalized spacial score (nSPS) is 11.9. The third kappa shape index (κ3) is 3.60. The van der Waals surface area contributed by atoms with Crippen LogP contribution in [0.4, 0.5) is 0 Å². The highest BCUT2D eigenvalue weighted by molar-refractivity contribution is 5.83. The van der Waals surface area contributed by atoms with E-state index in [9.17, 15) is 4.79 Å². The molecule has 3 rings (SSSR count). The molecule has 2 aromatic carbocycles. The molecule has 23 heavy (non-hydrogen) atoms. The fourth-order valence-electron chi connectivity index (χ4n) is 2.34. The van der Waals surface area contributed by atoms with Crippen LogP contribution in [0.25, 0.3) is 0 Å². The highest BCUT2D eigenvalue weighted by Gasteiger charge is 2.23. The van der Waals surface area contributed by atoms with E-state index in [0.717, 1.165) is 11.1 Å². The third-order valence-corrected chi connectivity index (χ3v) is 3.58. The number of amides is 1. The van der Waals surface area contributed by atoms with E-state index in [1.165, 1.54) is 16.6 Å². The average molecular weight is 307 g/mol. The van der Waals surface area contributed by atoms with Gasteiger partial charge in [0.25, 0.3) is 0 Å². The minimum atomic E-state index is -0.586. The van der Waals surface area contributed by atoms with Crippen LogP contribution >= 0.6 is 0 Å². The van der Waals surface area contributed by atoms with Crippen LogP contribution in [-0.2, 0) is 11.3 Å². The maximum atomic E-state index is 12.7. The molecule has 0 aliphatic carbocycles. The molecule has 1 N–H and O–H groups in total.